The van der Waals surface area contributed by atoms with Crippen molar-refractivity contribution in [3.05, 3.63) is 175 Å². The van der Waals surface area contributed by atoms with Gasteiger partial charge in [0.05, 0.1) is 46.0 Å². The fraction of sp³-hybridized carbons (Fsp3) is 0. The van der Waals surface area contributed by atoms with E-state index < -0.39 is 0 Å². The van der Waals surface area contributed by atoms with E-state index >= 15 is 0 Å². The van der Waals surface area contributed by atoms with Crippen LogP contribution in [0.15, 0.2) is 158 Å². The number of benzene rings is 7. The molecule has 9 rings (SSSR count). The Kier molecular flexibility index (Phi) is 6.22. The SMILES string of the molecule is [C-]#[N+]c1ccc2c(c1)c1ccccc1n2-c1ccc(C#N)cc1-c1ccccc1-c1cccc(-n2c3ccccc3c3ccccc32)c1. The number of hydrogen-bond donors (Lipinski definition) is 0. The van der Waals surface area contributed by atoms with Gasteiger partial charge in [0.1, 0.15) is 0 Å². The highest BCUT2D eigenvalue weighted by Gasteiger charge is 2.19. The van der Waals surface area contributed by atoms with Crippen LogP contribution >= 0.6 is 0 Å². The summed E-state index contributed by atoms with van der Waals surface area (Å²) in [5.74, 6) is 0. The van der Waals surface area contributed by atoms with E-state index in [0.29, 0.717) is 11.3 Å². The second-order valence-electron chi connectivity index (χ2n) is 12.0. The van der Waals surface area contributed by atoms with Gasteiger partial charge < -0.3 is 9.13 Å². The lowest BCUT2D eigenvalue weighted by Gasteiger charge is -2.18. The highest BCUT2D eigenvalue weighted by molar-refractivity contribution is 6.11. The van der Waals surface area contributed by atoms with E-state index in [-0.39, 0.29) is 0 Å². The summed E-state index contributed by atoms with van der Waals surface area (Å²) < 4.78 is 4.61. The van der Waals surface area contributed by atoms with Gasteiger partial charge in [-0.1, -0.05) is 97.1 Å². The number of hydrogen-bond acceptors (Lipinski definition) is 1. The Morgan fingerprint density at radius 1 is 0.479 bits per heavy atom. The molecule has 4 nitrogen and oxygen atoms in total. The minimum absolute atomic E-state index is 0.596. The van der Waals surface area contributed by atoms with Crippen molar-refractivity contribution in [3.8, 4) is 39.7 Å². The molecule has 9 aromatic rings. The Morgan fingerprint density at radius 3 is 1.77 bits per heavy atom. The fourth-order valence-electron chi connectivity index (χ4n) is 7.29. The van der Waals surface area contributed by atoms with Crippen LogP contribution in [0.2, 0.25) is 0 Å². The summed E-state index contributed by atoms with van der Waals surface area (Å²) in [6, 6.07) is 56.8. The lowest BCUT2D eigenvalue weighted by atomic mass is 9.92. The minimum Gasteiger partial charge on any atom is -0.309 e. The standard InChI is InChI=1S/C44H26N4/c1-46-31-22-24-44-39(27-31)37-17-6-9-20-42(37)48(44)43-23-21-29(28-45)25-38(43)34-14-3-2-13-33(34)30-11-10-12-32(26-30)47-40-18-7-4-15-35(40)36-16-5-8-19-41(36)47/h2-27H. The van der Waals surface area contributed by atoms with E-state index in [4.69, 9.17) is 6.57 Å². The Balaban J connectivity index is 1.29. The van der Waals surface area contributed by atoms with E-state index in [1.165, 1.54) is 21.8 Å². The van der Waals surface area contributed by atoms with Gasteiger partial charge in [-0.3, -0.25) is 0 Å². The summed E-state index contributed by atoms with van der Waals surface area (Å²) in [4.78, 5) is 3.70. The highest BCUT2D eigenvalue weighted by atomic mass is 15.0. The van der Waals surface area contributed by atoms with Crippen molar-refractivity contribution in [2.45, 2.75) is 0 Å². The van der Waals surface area contributed by atoms with E-state index in [0.717, 1.165) is 55.4 Å². The minimum atomic E-state index is 0.596. The van der Waals surface area contributed by atoms with Crippen molar-refractivity contribution in [3.63, 3.8) is 0 Å². The molecular weight excluding hydrogens is 585 g/mol. The van der Waals surface area contributed by atoms with Gasteiger partial charge in [0.15, 0.2) is 5.69 Å². The van der Waals surface area contributed by atoms with E-state index in [1.54, 1.807) is 0 Å². The quantitative estimate of drug-likeness (QED) is 0.183. The molecule has 222 valence electrons. The van der Waals surface area contributed by atoms with Gasteiger partial charge in [0.25, 0.3) is 0 Å². The zero-order valence-electron chi connectivity index (χ0n) is 25.8. The maximum atomic E-state index is 10.0. The van der Waals surface area contributed by atoms with Crippen LogP contribution in [-0.4, -0.2) is 9.13 Å². The van der Waals surface area contributed by atoms with Crippen LogP contribution in [0.4, 0.5) is 5.69 Å². The second kappa shape index (κ2) is 10.9. The van der Waals surface area contributed by atoms with Crippen molar-refractivity contribution in [2.24, 2.45) is 0 Å². The maximum absolute atomic E-state index is 10.0. The van der Waals surface area contributed by atoms with Crippen LogP contribution in [0.5, 0.6) is 0 Å². The molecule has 0 spiro atoms. The topological polar surface area (TPSA) is 38.0 Å². The molecular formula is C44H26N4. The van der Waals surface area contributed by atoms with Gasteiger partial charge >= 0.3 is 0 Å². The number of rotatable bonds is 4. The predicted molar refractivity (Wildman–Crippen MR) is 197 cm³/mol. The van der Waals surface area contributed by atoms with E-state index in [2.05, 4.69) is 129 Å². The third-order valence-electron chi connectivity index (χ3n) is 9.36. The molecule has 0 aliphatic heterocycles. The summed E-state index contributed by atoms with van der Waals surface area (Å²) >= 11 is 0. The third-order valence-corrected chi connectivity index (χ3v) is 9.36. The molecule has 0 amide bonds. The molecule has 0 saturated heterocycles. The van der Waals surface area contributed by atoms with Crippen LogP contribution in [0.3, 0.4) is 0 Å². The molecule has 0 bridgehead atoms. The normalized spacial score (nSPS) is 11.3. The highest BCUT2D eigenvalue weighted by Crippen LogP contribution is 2.41. The molecule has 0 radical (unpaired) electrons. The maximum Gasteiger partial charge on any atom is 0.188 e. The first-order valence-corrected chi connectivity index (χ1v) is 15.9. The summed E-state index contributed by atoms with van der Waals surface area (Å²) in [7, 11) is 0. The van der Waals surface area contributed by atoms with Crippen LogP contribution in [0.25, 0.3) is 82.1 Å². The van der Waals surface area contributed by atoms with E-state index in [9.17, 15) is 5.26 Å². The smallest absolute Gasteiger partial charge is 0.188 e. The molecule has 0 aliphatic rings. The number of nitrogens with zero attached hydrogens (tertiary/aromatic N) is 4. The molecule has 0 N–H and O–H groups in total. The molecule has 4 heteroatoms. The van der Waals surface area contributed by atoms with Crippen molar-refractivity contribution >= 4 is 49.3 Å². The average molecular weight is 611 g/mol. The molecule has 0 unspecified atom stereocenters. The first-order chi connectivity index (χ1) is 23.7. The van der Waals surface area contributed by atoms with Crippen molar-refractivity contribution in [2.75, 3.05) is 0 Å². The van der Waals surface area contributed by atoms with Gasteiger partial charge in [0.2, 0.25) is 0 Å². The third kappa shape index (κ3) is 4.14. The Hall–Kier alpha value is -6.88. The number of para-hydroxylation sites is 3. The van der Waals surface area contributed by atoms with E-state index in [1.807, 2.05) is 48.5 Å². The summed E-state index contributed by atoms with van der Waals surface area (Å²) in [6.07, 6.45) is 0. The average Bonchev–Trinajstić information content (AvgIpc) is 3.67. The zero-order valence-corrected chi connectivity index (χ0v) is 25.8. The van der Waals surface area contributed by atoms with Crippen LogP contribution < -0.4 is 0 Å². The lowest BCUT2D eigenvalue weighted by Crippen LogP contribution is -1.99. The van der Waals surface area contributed by atoms with Gasteiger partial charge in [-0.15, -0.1) is 0 Å². The summed E-state index contributed by atoms with van der Waals surface area (Å²) in [6.45, 7) is 7.62. The summed E-state index contributed by atoms with van der Waals surface area (Å²) in [5, 5.41) is 14.6. The number of fused-ring (bicyclic) bond motifs is 6. The first kappa shape index (κ1) is 27.4. The monoisotopic (exact) mass is 610 g/mol. The van der Waals surface area contributed by atoms with Crippen molar-refractivity contribution < 1.29 is 0 Å². The Morgan fingerprint density at radius 2 is 1.08 bits per heavy atom. The first-order valence-electron chi connectivity index (χ1n) is 15.9. The molecule has 7 aromatic carbocycles. The molecule has 48 heavy (non-hydrogen) atoms. The number of nitriles is 1. The molecule has 2 heterocycles. The molecule has 0 aliphatic carbocycles. The molecule has 0 fully saturated rings. The van der Waals surface area contributed by atoms with Crippen LogP contribution in [0.1, 0.15) is 5.56 Å². The summed E-state index contributed by atoms with van der Waals surface area (Å²) in [5.41, 5.74) is 11.8. The van der Waals surface area contributed by atoms with Crippen LogP contribution in [-0.2, 0) is 0 Å². The number of aromatic nitrogens is 2. The lowest BCUT2D eigenvalue weighted by molar-refractivity contribution is 1.18. The molecule has 0 atom stereocenters. The van der Waals surface area contributed by atoms with Crippen molar-refractivity contribution in [1.29, 1.82) is 5.26 Å². The van der Waals surface area contributed by atoms with Crippen LogP contribution in [0, 0.1) is 17.9 Å². The van der Waals surface area contributed by atoms with Gasteiger partial charge in [-0.25, -0.2) is 4.85 Å². The Labute approximate surface area is 277 Å². The second-order valence-corrected chi connectivity index (χ2v) is 12.0. The van der Waals surface area contributed by atoms with Crippen molar-refractivity contribution in [1.82, 2.24) is 9.13 Å². The molecule has 0 saturated carbocycles. The Bertz CT molecular complexity index is 2760. The van der Waals surface area contributed by atoms with Gasteiger partial charge in [-0.2, -0.15) is 5.26 Å². The zero-order chi connectivity index (χ0) is 32.2. The molecule has 2 aromatic heterocycles. The van der Waals surface area contributed by atoms with Gasteiger partial charge in [0, 0.05) is 27.4 Å². The largest absolute Gasteiger partial charge is 0.309 e. The predicted octanol–water partition coefficient (Wildman–Crippen LogP) is 11.6. The van der Waals surface area contributed by atoms with Gasteiger partial charge in [-0.05, 0) is 82.7 Å². The fourth-order valence-corrected chi connectivity index (χ4v) is 7.29.